The molecule has 3 rings (SSSR count). The van der Waals surface area contributed by atoms with Crippen LogP contribution in [-0.4, -0.2) is 59.0 Å². The van der Waals surface area contributed by atoms with Gasteiger partial charge < -0.3 is 19.3 Å². The molecule has 2 amide bonds. The maximum Gasteiger partial charge on any atom is 0.411 e. The van der Waals surface area contributed by atoms with E-state index < -0.39 is 0 Å². The maximum absolute atomic E-state index is 12.4. The first-order chi connectivity index (χ1) is 14.5. The van der Waals surface area contributed by atoms with Crippen LogP contribution in [0.5, 0.6) is 0 Å². The molecular weight excluding hydrogens is 420 g/mol. The number of amides is 2. The Morgan fingerprint density at radius 2 is 1.03 bits per heavy atom. The fraction of sp³-hybridized carbons (Fsp3) is 0.364. The molecule has 2 atom stereocenters. The van der Waals surface area contributed by atoms with Crippen molar-refractivity contribution in [3.63, 3.8) is 0 Å². The van der Waals surface area contributed by atoms with Crippen molar-refractivity contribution in [3.8, 4) is 0 Å². The summed E-state index contributed by atoms with van der Waals surface area (Å²) < 4.78 is 11.1. The Kier molecular flexibility index (Phi) is 8.33. The zero-order valence-corrected chi connectivity index (χ0v) is 18.7. The van der Waals surface area contributed by atoms with Gasteiger partial charge in [0.1, 0.15) is 0 Å². The van der Waals surface area contributed by atoms with Crippen LogP contribution in [-0.2, 0) is 9.47 Å². The molecule has 6 nitrogen and oxygen atoms in total. The van der Waals surface area contributed by atoms with Gasteiger partial charge in [-0.3, -0.25) is 0 Å². The summed E-state index contributed by atoms with van der Waals surface area (Å²) in [5.74, 6) is 0. The van der Waals surface area contributed by atoms with Gasteiger partial charge in [0, 0.05) is 36.0 Å². The van der Waals surface area contributed by atoms with E-state index in [4.69, 9.17) is 9.47 Å². The van der Waals surface area contributed by atoms with E-state index in [9.17, 15) is 9.59 Å². The Morgan fingerprint density at radius 3 is 1.37 bits per heavy atom. The van der Waals surface area contributed by atoms with Gasteiger partial charge in [0.2, 0.25) is 0 Å². The number of hydrogen-bond acceptors (Lipinski definition) is 6. The predicted octanol–water partition coefficient (Wildman–Crippen LogP) is 5.15. The summed E-state index contributed by atoms with van der Waals surface area (Å²) in [5, 5.41) is 0. The highest BCUT2D eigenvalue weighted by atomic mass is 32.2. The summed E-state index contributed by atoms with van der Waals surface area (Å²) in [4.78, 5) is 30.2. The second kappa shape index (κ2) is 11.2. The highest BCUT2D eigenvalue weighted by Crippen LogP contribution is 2.25. The van der Waals surface area contributed by atoms with E-state index in [1.54, 1.807) is 9.80 Å². The van der Waals surface area contributed by atoms with E-state index in [-0.39, 0.29) is 23.1 Å². The van der Waals surface area contributed by atoms with Crippen molar-refractivity contribution in [3.05, 3.63) is 60.7 Å². The van der Waals surface area contributed by atoms with Crippen LogP contribution in [0.2, 0.25) is 0 Å². The highest BCUT2D eigenvalue weighted by molar-refractivity contribution is 8.00. The third-order valence-corrected chi connectivity index (χ3v) is 6.37. The van der Waals surface area contributed by atoms with Gasteiger partial charge in [-0.2, -0.15) is 0 Å². The fourth-order valence-corrected chi connectivity index (χ4v) is 4.59. The van der Waals surface area contributed by atoms with Gasteiger partial charge in [-0.15, -0.1) is 0 Å². The first kappa shape index (κ1) is 22.4. The second-order valence-electron chi connectivity index (χ2n) is 6.74. The molecule has 30 heavy (non-hydrogen) atoms. The van der Waals surface area contributed by atoms with E-state index in [1.807, 2.05) is 74.5 Å². The van der Waals surface area contributed by atoms with Crippen molar-refractivity contribution < 1.29 is 19.1 Å². The van der Waals surface area contributed by atoms with Gasteiger partial charge in [0.25, 0.3) is 0 Å². The summed E-state index contributed by atoms with van der Waals surface area (Å²) in [6, 6.07) is 19.6. The zero-order chi connectivity index (χ0) is 21.3. The number of nitrogens with zero attached hydrogens (tertiary/aromatic N) is 2. The number of hydrogen-bond donors (Lipinski definition) is 0. The van der Waals surface area contributed by atoms with Crippen molar-refractivity contribution in [2.24, 2.45) is 0 Å². The summed E-state index contributed by atoms with van der Waals surface area (Å²) in [6.45, 7) is 5.42. The van der Waals surface area contributed by atoms with Gasteiger partial charge >= 0.3 is 12.2 Å². The van der Waals surface area contributed by atoms with Gasteiger partial charge in [0.05, 0.1) is 0 Å². The van der Waals surface area contributed by atoms with Crippen LogP contribution >= 0.6 is 23.5 Å². The maximum atomic E-state index is 12.4. The normalized spacial score (nSPS) is 15.9. The van der Waals surface area contributed by atoms with Crippen LogP contribution < -0.4 is 0 Å². The van der Waals surface area contributed by atoms with Crippen molar-refractivity contribution in [1.29, 1.82) is 0 Å². The number of piperazine rings is 1. The minimum absolute atomic E-state index is 0.293. The molecule has 8 heteroatoms. The Labute approximate surface area is 185 Å². The lowest BCUT2D eigenvalue weighted by atomic mass is 10.3. The molecule has 1 fully saturated rings. The molecule has 2 aromatic rings. The highest BCUT2D eigenvalue weighted by Gasteiger charge is 2.27. The number of carbonyl (C=O) groups is 2. The molecule has 160 valence electrons. The lowest BCUT2D eigenvalue weighted by molar-refractivity contribution is 0.0569. The lowest BCUT2D eigenvalue weighted by Crippen LogP contribution is -2.51. The average Bonchev–Trinajstić information content (AvgIpc) is 2.75. The van der Waals surface area contributed by atoms with Gasteiger partial charge in [-0.05, 0) is 38.1 Å². The topological polar surface area (TPSA) is 59.1 Å². The molecule has 0 unspecified atom stereocenters. The summed E-state index contributed by atoms with van der Waals surface area (Å²) in [5.41, 5.74) is -0.586. The number of thioether (sulfide) groups is 2. The Bertz CT molecular complexity index is 745. The predicted molar refractivity (Wildman–Crippen MR) is 120 cm³/mol. The van der Waals surface area contributed by atoms with E-state index in [0.717, 1.165) is 9.79 Å². The van der Waals surface area contributed by atoms with Gasteiger partial charge in [-0.1, -0.05) is 59.9 Å². The molecule has 2 aromatic carbocycles. The SMILES string of the molecule is C[C@H](OC(=O)N1CCN(C(=O)O[C@@H](C)Sc2ccccc2)CC1)Sc1ccccc1. The molecule has 1 saturated heterocycles. The van der Waals surface area contributed by atoms with Crippen LogP contribution in [0.15, 0.2) is 70.5 Å². The third-order valence-electron chi connectivity index (χ3n) is 4.42. The number of rotatable bonds is 6. The van der Waals surface area contributed by atoms with E-state index in [0.29, 0.717) is 26.2 Å². The first-order valence-electron chi connectivity index (χ1n) is 9.86. The molecule has 1 aliphatic heterocycles. The van der Waals surface area contributed by atoms with Crippen molar-refractivity contribution in [1.82, 2.24) is 9.80 Å². The zero-order valence-electron chi connectivity index (χ0n) is 17.1. The minimum atomic E-state index is -0.355. The third kappa shape index (κ3) is 6.88. The van der Waals surface area contributed by atoms with E-state index >= 15 is 0 Å². The van der Waals surface area contributed by atoms with E-state index in [2.05, 4.69) is 0 Å². The Hall–Kier alpha value is -2.32. The fourth-order valence-electron chi connectivity index (χ4n) is 2.93. The molecular formula is C22H26N2O4S2. The molecule has 0 bridgehead atoms. The van der Waals surface area contributed by atoms with Gasteiger partial charge in [-0.25, -0.2) is 9.59 Å². The second-order valence-corrected chi connectivity index (χ2v) is 9.48. The van der Waals surface area contributed by atoms with Gasteiger partial charge in [0.15, 0.2) is 10.9 Å². The molecule has 0 aromatic heterocycles. The monoisotopic (exact) mass is 446 g/mol. The largest absolute Gasteiger partial charge is 0.435 e. The van der Waals surface area contributed by atoms with Crippen LogP contribution in [0.1, 0.15) is 13.8 Å². The summed E-state index contributed by atoms with van der Waals surface area (Å²) >= 11 is 2.98. The van der Waals surface area contributed by atoms with Crippen LogP contribution in [0, 0.1) is 0 Å². The van der Waals surface area contributed by atoms with Crippen LogP contribution in [0.3, 0.4) is 0 Å². The van der Waals surface area contributed by atoms with Crippen LogP contribution in [0.25, 0.3) is 0 Å². The molecule has 1 aliphatic rings. The standard InChI is InChI=1S/C22H26N2O4S2/c1-17(29-19-9-5-3-6-10-19)27-21(25)23-13-15-24(16-14-23)22(26)28-18(2)30-20-11-7-4-8-12-20/h3-12,17-18H,13-16H2,1-2H3/t17-,18-/m1/s1. The van der Waals surface area contributed by atoms with Crippen molar-refractivity contribution >= 4 is 35.7 Å². The molecule has 0 aliphatic carbocycles. The molecule has 0 spiro atoms. The first-order valence-corrected chi connectivity index (χ1v) is 11.6. The molecule has 0 N–H and O–H groups in total. The summed E-state index contributed by atoms with van der Waals surface area (Å²) in [7, 11) is 0. The lowest BCUT2D eigenvalue weighted by Gasteiger charge is -2.34. The Balaban J connectivity index is 1.39. The molecule has 0 radical (unpaired) electrons. The summed E-state index contributed by atoms with van der Waals surface area (Å²) in [6.07, 6.45) is -0.709. The van der Waals surface area contributed by atoms with Crippen molar-refractivity contribution in [2.75, 3.05) is 26.2 Å². The molecule has 1 heterocycles. The van der Waals surface area contributed by atoms with E-state index in [1.165, 1.54) is 23.5 Å². The number of ether oxygens (including phenoxy) is 2. The molecule has 0 saturated carbocycles. The smallest absolute Gasteiger partial charge is 0.411 e. The Morgan fingerprint density at radius 1 is 0.700 bits per heavy atom. The van der Waals surface area contributed by atoms with Crippen LogP contribution in [0.4, 0.5) is 9.59 Å². The quantitative estimate of drug-likeness (QED) is 0.452. The van der Waals surface area contributed by atoms with Crippen molar-refractivity contribution in [2.45, 2.75) is 34.5 Å². The number of benzene rings is 2. The average molecular weight is 447 g/mol. The minimum Gasteiger partial charge on any atom is -0.435 e. The number of carbonyl (C=O) groups excluding carboxylic acids is 2.